The first-order chi connectivity index (χ1) is 11.5. The van der Waals surface area contributed by atoms with Gasteiger partial charge in [0.15, 0.2) is 18.1 Å². The fourth-order valence-corrected chi connectivity index (χ4v) is 4.18. The van der Waals surface area contributed by atoms with Gasteiger partial charge in [0.05, 0.1) is 18.2 Å². The second-order valence-corrected chi connectivity index (χ2v) is 7.04. The minimum Gasteiger partial charge on any atom is -0.493 e. The molecular weight excluding hydrogens is 334 g/mol. The summed E-state index contributed by atoms with van der Waals surface area (Å²) in [5, 5.41) is 18.8. The first-order valence-electron chi connectivity index (χ1n) is 8.07. The molecule has 0 aromatic heterocycles. The zero-order valence-corrected chi connectivity index (χ0v) is 14.3. The molecule has 1 aromatic rings. The van der Waals surface area contributed by atoms with E-state index < -0.39 is 12.6 Å². The van der Waals surface area contributed by atoms with Crippen molar-refractivity contribution in [1.82, 2.24) is 4.90 Å². The summed E-state index contributed by atoms with van der Waals surface area (Å²) in [5.74, 6) is 0.786. The minimum absolute atomic E-state index is 0.137. The quantitative estimate of drug-likeness (QED) is 0.812. The number of methoxy groups -OCH3 is 1. The summed E-state index contributed by atoms with van der Waals surface area (Å²) in [6.45, 7) is 2.25. The number of ether oxygens (including phenoxy) is 2. The van der Waals surface area contributed by atoms with Crippen molar-refractivity contribution in [2.75, 3.05) is 26.8 Å². The molecule has 132 valence electrons. The Morgan fingerprint density at radius 2 is 2.00 bits per heavy atom. The zero-order chi connectivity index (χ0) is 17.3. The smallest absolute Gasteiger partial charge is 0.341 e. The number of likely N-dealkylation sites (tertiary alicyclic amines) is 1. The fraction of sp³-hybridized carbons (Fsp3) is 0.588. The van der Waals surface area contributed by atoms with E-state index in [1.54, 1.807) is 6.07 Å². The highest BCUT2D eigenvalue weighted by atomic mass is 35.5. The molecule has 0 radical (unpaired) electrons. The fourth-order valence-electron chi connectivity index (χ4n) is 3.89. The molecule has 2 N–H and O–H groups in total. The molecule has 0 bridgehead atoms. The van der Waals surface area contributed by atoms with Crippen molar-refractivity contribution in [3.8, 4) is 11.5 Å². The number of aliphatic hydroxyl groups is 1. The third kappa shape index (κ3) is 3.77. The van der Waals surface area contributed by atoms with Crippen LogP contribution in [-0.2, 0) is 11.3 Å². The molecule has 2 fully saturated rings. The first-order valence-corrected chi connectivity index (χ1v) is 8.45. The van der Waals surface area contributed by atoms with Gasteiger partial charge in [-0.3, -0.25) is 4.90 Å². The molecule has 1 heterocycles. The van der Waals surface area contributed by atoms with E-state index in [1.807, 2.05) is 6.07 Å². The van der Waals surface area contributed by atoms with E-state index in [0.29, 0.717) is 22.6 Å². The van der Waals surface area contributed by atoms with Gasteiger partial charge in [0.2, 0.25) is 0 Å². The van der Waals surface area contributed by atoms with Crippen LogP contribution in [0.25, 0.3) is 0 Å². The van der Waals surface area contributed by atoms with Crippen molar-refractivity contribution in [2.24, 2.45) is 11.8 Å². The molecule has 1 aromatic carbocycles. The van der Waals surface area contributed by atoms with Gasteiger partial charge in [-0.1, -0.05) is 11.6 Å². The number of benzene rings is 1. The van der Waals surface area contributed by atoms with Crippen LogP contribution >= 0.6 is 11.6 Å². The number of fused-ring (bicyclic) bond motifs is 1. The highest BCUT2D eigenvalue weighted by molar-refractivity contribution is 6.32. The van der Waals surface area contributed by atoms with E-state index in [9.17, 15) is 9.90 Å². The van der Waals surface area contributed by atoms with Crippen LogP contribution in [0, 0.1) is 11.8 Å². The van der Waals surface area contributed by atoms with Crippen LogP contribution in [0.5, 0.6) is 11.5 Å². The lowest BCUT2D eigenvalue weighted by atomic mass is 10.0. The molecule has 1 aliphatic carbocycles. The molecule has 1 aliphatic heterocycles. The first kappa shape index (κ1) is 17.3. The Morgan fingerprint density at radius 1 is 1.33 bits per heavy atom. The Balaban J connectivity index is 1.68. The molecule has 3 rings (SSSR count). The van der Waals surface area contributed by atoms with Crippen LogP contribution in [0.3, 0.4) is 0 Å². The molecule has 0 amide bonds. The molecule has 2 aliphatic rings. The lowest BCUT2D eigenvalue weighted by Crippen LogP contribution is -2.22. The Hall–Kier alpha value is -1.50. The van der Waals surface area contributed by atoms with Crippen LogP contribution in [0.4, 0.5) is 0 Å². The summed E-state index contributed by atoms with van der Waals surface area (Å²) in [7, 11) is 1.50. The number of halogens is 1. The number of hydrogen-bond donors (Lipinski definition) is 2. The summed E-state index contributed by atoms with van der Waals surface area (Å²) in [4.78, 5) is 13.0. The number of hydrogen-bond acceptors (Lipinski definition) is 5. The van der Waals surface area contributed by atoms with Gasteiger partial charge in [-0.05, 0) is 42.4 Å². The van der Waals surface area contributed by atoms with Gasteiger partial charge < -0.3 is 19.7 Å². The second kappa shape index (κ2) is 7.17. The van der Waals surface area contributed by atoms with E-state index in [2.05, 4.69) is 4.90 Å². The largest absolute Gasteiger partial charge is 0.493 e. The monoisotopic (exact) mass is 355 g/mol. The lowest BCUT2D eigenvalue weighted by molar-refractivity contribution is -0.139. The molecule has 0 spiro atoms. The lowest BCUT2D eigenvalue weighted by Gasteiger charge is -2.19. The maximum Gasteiger partial charge on any atom is 0.341 e. The number of carboxylic acids is 1. The van der Waals surface area contributed by atoms with Crippen LogP contribution in [0.1, 0.15) is 18.4 Å². The van der Waals surface area contributed by atoms with Crippen LogP contribution in [0.15, 0.2) is 12.1 Å². The number of rotatable bonds is 6. The maximum atomic E-state index is 10.7. The van der Waals surface area contributed by atoms with Gasteiger partial charge in [-0.15, -0.1) is 0 Å². The standard InChI is InChI=1S/C17H22ClNO5/c1-23-15-3-10(2-14(18)17(15)24-9-16(21)22)6-19-7-11-4-13(20)5-12(11)8-19/h2-3,11-13,20H,4-9H2,1H3,(H,21,22)/t11-,12+,13?. The third-order valence-electron chi connectivity index (χ3n) is 4.84. The molecule has 3 atom stereocenters. The third-order valence-corrected chi connectivity index (χ3v) is 5.12. The summed E-state index contributed by atoms with van der Waals surface area (Å²) in [6.07, 6.45) is 1.66. The van der Waals surface area contributed by atoms with E-state index in [1.165, 1.54) is 7.11 Å². The SMILES string of the molecule is COc1cc(CN2C[C@H]3CC(O)C[C@H]3C2)cc(Cl)c1OCC(=O)O. The summed E-state index contributed by atoms with van der Waals surface area (Å²) in [5.41, 5.74) is 1.00. The van der Waals surface area contributed by atoms with Gasteiger partial charge in [0.1, 0.15) is 0 Å². The number of carbonyl (C=O) groups is 1. The average Bonchev–Trinajstić information content (AvgIpc) is 3.01. The van der Waals surface area contributed by atoms with E-state index in [-0.39, 0.29) is 11.9 Å². The Morgan fingerprint density at radius 3 is 2.58 bits per heavy atom. The minimum atomic E-state index is -1.07. The van der Waals surface area contributed by atoms with Gasteiger partial charge in [-0.2, -0.15) is 0 Å². The van der Waals surface area contributed by atoms with Crippen molar-refractivity contribution in [3.63, 3.8) is 0 Å². The second-order valence-electron chi connectivity index (χ2n) is 6.63. The Kier molecular flexibility index (Phi) is 5.18. The number of aliphatic hydroxyl groups excluding tert-OH is 1. The van der Waals surface area contributed by atoms with Crippen molar-refractivity contribution in [2.45, 2.75) is 25.5 Å². The molecule has 1 saturated carbocycles. The van der Waals surface area contributed by atoms with Gasteiger partial charge >= 0.3 is 5.97 Å². The highest BCUT2D eigenvalue weighted by Crippen LogP contribution is 2.40. The molecule has 1 unspecified atom stereocenters. The highest BCUT2D eigenvalue weighted by Gasteiger charge is 2.40. The van der Waals surface area contributed by atoms with Crippen molar-refractivity contribution in [3.05, 3.63) is 22.7 Å². The van der Waals surface area contributed by atoms with E-state index in [0.717, 1.165) is 38.0 Å². The van der Waals surface area contributed by atoms with Crippen LogP contribution in [-0.4, -0.2) is 54.0 Å². The Bertz CT molecular complexity index is 609. The van der Waals surface area contributed by atoms with Crippen molar-refractivity contribution >= 4 is 17.6 Å². The van der Waals surface area contributed by atoms with Crippen molar-refractivity contribution < 1.29 is 24.5 Å². The summed E-state index contributed by atoms with van der Waals surface area (Å²) in [6, 6.07) is 3.64. The van der Waals surface area contributed by atoms with Gasteiger partial charge in [-0.25, -0.2) is 4.79 Å². The summed E-state index contributed by atoms with van der Waals surface area (Å²) >= 11 is 6.25. The predicted octanol–water partition coefficient (Wildman–Crippen LogP) is 2.01. The maximum absolute atomic E-state index is 10.7. The molecule has 7 heteroatoms. The number of aliphatic carboxylic acids is 1. The summed E-state index contributed by atoms with van der Waals surface area (Å²) < 4.78 is 10.5. The van der Waals surface area contributed by atoms with E-state index in [4.69, 9.17) is 26.2 Å². The normalized spacial score (nSPS) is 26.4. The topological polar surface area (TPSA) is 79.2 Å². The molecule has 24 heavy (non-hydrogen) atoms. The van der Waals surface area contributed by atoms with Gasteiger partial charge in [0, 0.05) is 19.6 Å². The average molecular weight is 356 g/mol. The number of carboxylic acid groups (broad SMARTS) is 1. The van der Waals surface area contributed by atoms with Crippen LogP contribution < -0.4 is 9.47 Å². The van der Waals surface area contributed by atoms with Crippen LogP contribution in [0.2, 0.25) is 5.02 Å². The van der Waals surface area contributed by atoms with Crippen molar-refractivity contribution in [1.29, 1.82) is 0 Å². The number of nitrogens with zero attached hydrogens (tertiary/aromatic N) is 1. The molecule has 6 nitrogen and oxygen atoms in total. The Labute approximate surface area is 145 Å². The zero-order valence-electron chi connectivity index (χ0n) is 13.6. The van der Waals surface area contributed by atoms with E-state index >= 15 is 0 Å². The molecule has 1 saturated heterocycles. The predicted molar refractivity (Wildman–Crippen MR) is 88.6 cm³/mol. The molecular formula is C17H22ClNO5. The van der Waals surface area contributed by atoms with Gasteiger partial charge in [0.25, 0.3) is 0 Å².